The summed E-state index contributed by atoms with van der Waals surface area (Å²) in [6, 6.07) is 9.24. The molecule has 0 spiro atoms. The molecular weight excluding hydrogens is 358 g/mol. The molecular formula is C17H17N3O3S2. The summed E-state index contributed by atoms with van der Waals surface area (Å²) in [5.74, 6) is 1.30. The Morgan fingerprint density at radius 1 is 1.16 bits per heavy atom. The molecule has 0 aliphatic rings. The van der Waals surface area contributed by atoms with E-state index in [1.165, 1.54) is 11.3 Å². The van der Waals surface area contributed by atoms with Crippen LogP contribution in [-0.4, -0.2) is 25.2 Å². The summed E-state index contributed by atoms with van der Waals surface area (Å²) < 4.78 is 10.5. The standard InChI is InChI=1S/C17H17N3O3S2/c1-22-14-6-5-11(8-15(14)23-2)13-10-25-17(19-13)20-16(21)18-9-12-4-3-7-24-12/h3-8,10H,9H2,1-2H3,(H2,18,19,20,21). The first kappa shape index (κ1) is 17.2. The Morgan fingerprint density at radius 2 is 2.00 bits per heavy atom. The van der Waals surface area contributed by atoms with Crippen molar-refractivity contribution in [3.05, 3.63) is 46.0 Å². The maximum absolute atomic E-state index is 11.9. The number of hydrogen-bond acceptors (Lipinski definition) is 6. The Kier molecular flexibility index (Phi) is 5.52. The first-order chi connectivity index (χ1) is 12.2. The summed E-state index contributed by atoms with van der Waals surface area (Å²) in [6.45, 7) is 0.497. The predicted molar refractivity (Wildman–Crippen MR) is 101 cm³/mol. The quantitative estimate of drug-likeness (QED) is 0.677. The lowest BCUT2D eigenvalue weighted by Gasteiger charge is -2.08. The van der Waals surface area contributed by atoms with Crippen LogP contribution in [0.1, 0.15) is 4.88 Å². The highest BCUT2D eigenvalue weighted by atomic mass is 32.1. The second-order valence-electron chi connectivity index (χ2n) is 4.99. The van der Waals surface area contributed by atoms with Crippen LogP contribution in [0, 0.1) is 0 Å². The van der Waals surface area contributed by atoms with Gasteiger partial charge in [0.1, 0.15) is 0 Å². The normalized spacial score (nSPS) is 10.3. The topological polar surface area (TPSA) is 72.5 Å². The van der Waals surface area contributed by atoms with E-state index in [2.05, 4.69) is 15.6 Å². The zero-order valence-electron chi connectivity index (χ0n) is 13.7. The number of nitrogens with zero attached hydrogens (tertiary/aromatic N) is 1. The molecule has 0 unspecified atom stereocenters. The SMILES string of the molecule is COc1ccc(-c2csc(NC(=O)NCc3cccs3)n2)cc1OC. The summed E-state index contributed by atoms with van der Waals surface area (Å²) >= 11 is 2.97. The third-order valence-electron chi connectivity index (χ3n) is 3.41. The average molecular weight is 375 g/mol. The van der Waals surface area contributed by atoms with Crippen molar-refractivity contribution >= 4 is 33.8 Å². The number of methoxy groups -OCH3 is 2. The third kappa shape index (κ3) is 4.28. The van der Waals surface area contributed by atoms with Gasteiger partial charge in [0.2, 0.25) is 0 Å². The molecule has 0 fully saturated rings. The zero-order valence-corrected chi connectivity index (χ0v) is 15.4. The van der Waals surface area contributed by atoms with Gasteiger partial charge in [-0.05, 0) is 29.6 Å². The minimum atomic E-state index is -0.276. The number of rotatable bonds is 6. The second kappa shape index (κ2) is 8.00. The number of amides is 2. The van der Waals surface area contributed by atoms with Gasteiger partial charge >= 0.3 is 6.03 Å². The average Bonchev–Trinajstić information content (AvgIpc) is 3.31. The number of carbonyl (C=O) groups excluding carboxylic acids is 1. The Morgan fingerprint density at radius 3 is 2.72 bits per heavy atom. The van der Waals surface area contributed by atoms with Crippen LogP contribution >= 0.6 is 22.7 Å². The van der Waals surface area contributed by atoms with Crippen LogP contribution in [0.5, 0.6) is 11.5 Å². The van der Waals surface area contributed by atoms with Gasteiger partial charge in [-0.2, -0.15) is 0 Å². The Bertz CT molecular complexity index is 847. The van der Waals surface area contributed by atoms with Crippen LogP contribution in [0.15, 0.2) is 41.1 Å². The molecule has 0 bridgehead atoms. The number of ether oxygens (including phenoxy) is 2. The molecule has 2 aromatic heterocycles. The molecule has 6 nitrogen and oxygen atoms in total. The lowest BCUT2D eigenvalue weighted by Crippen LogP contribution is -2.27. The van der Waals surface area contributed by atoms with Crippen LogP contribution in [0.3, 0.4) is 0 Å². The molecule has 0 saturated heterocycles. The lowest BCUT2D eigenvalue weighted by molar-refractivity contribution is 0.252. The van der Waals surface area contributed by atoms with E-state index in [0.717, 1.165) is 16.1 Å². The van der Waals surface area contributed by atoms with Gasteiger partial charge in [0.05, 0.1) is 26.5 Å². The molecule has 2 N–H and O–H groups in total. The fourth-order valence-corrected chi connectivity index (χ4v) is 3.54. The van der Waals surface area contributed by atoms with E-state index in [4.69, 9.17) is 9.47 Å². The maximum atomic E-state index is 11.9. The second-order valence-corrected chi connectivity index (χ2v) is 6.89. The van der Waals surface area contributed by atoms with Gasteiger partial charge < -0.3 is 14.8 Å². The highest BCUT2D eigenvalue weighted by molar-refractivity contribution is 7.14. The minimum Gasteiger partial charge on any atom is -0.493 e. The fraction of sp³-hybridized carbons (Fsp3) is 0.176. The molecule has 8 heteroatoms. The highest BCUT2D eigenvalue weighted by Crippen LogP contribution is 2.33. The molecule has 2 amide bonds. The number of thiazole rings is 1. The van der Waals surface area contributed by atoms with Crippen LogP contribution in [0.2, 0.25) is 0 Å². The van der Waals surface area contributed by atoms with Crippen molar-refractivity contribution in [2.24, 2.45) is 0 Å². The first-order valence-corrected chi connectivity index (χ1v) is 9.20. The number of urea groups is 1. The van der Waals surface area contributed by atoms with Crippen molar-refractivity contribution in [3.63, 3.8) is 0 Å². The van der Waals surface area contributed by atoms with E-state index in [-0.39, 0.29) is 6.03 Å². The fourth-order valence-electron chi connectivity index (χ4n) is 2.18. The van der Waals surface area contributed by atoms with Crippen LogP contribution in [0.25, 0.3) is 11.3 Å². The first-order valence-electron chi connectivity index (χ1n) is 7.44. The van der Waals surface area contributed by atoms with Crippen LogP contribution in [0.4, 0.5) is 9.93 Å². The number of benzene rings is 1. The number of aromatic nitrogens is 1. The van der Waals surface area contributed by atoms with E-state index >= 15 is 0 Å². The predicted octanol–water partition coefficient (Wildman–Crippen LogP) is 4.21. The summed E-state index contributed by atoms with van der Waals surface area (Å²) in [4.78, 5) is 17.5. The number of carbonyl (C=O) groups is 1. The summed E-state index contributed by atoms with van der Waals surface area (Å²) in [5.41, 5.74) is 1.65. The van der Waals surface area contributed by atoms with Crippen molar-refractivity contribution in [2.45, 2.75) is 6.54 Å². The van der Waals surface area contributed by atoms with Crippen LogP contribution < -0.4 is 20.1 Å². The lowest BCUT2D eigenvalue weighted by atomic mass is 10.1. The summed E-state index contributed by atoms with van der Waals surface area (Å²) in [5, 5.41) is 9.96. The Hall–Kier alpha value is -2.58. The van der Waals surface area contributed by atoms with Crippen molar-refractivity contribution < 1.29 is 14.3 Å². The van der Waals surface area contributed by atoms with E-state index in [9.17, 15) is 4.79 Å². The highest BCUT2D eigenvalue weighted by Gasteiger charge is 2.11. The van der Waals surface area contributed by atoms with Gasteiger partial charge in [-0.3, -0.25) is 5.32 Å². The van der Waals surface area contributed by atoms with Crippen LogP contribution in [-0.2, 0) is 6.54 Å². The smallest absolute Gasteiger partial charge is 0.321 e. The maximum Gasteiger partial charge on any atom is 0.321 e. The number of thiophene rings is 1. The van der Waals surface area contributed by atoms with Gasteiger partial charge in [-0.1, -0.05) is 6.07 Å². The summed E-state index contributed by atoms with van der Waals surface area (Å²) in [6.07, 6.45) is 0. The molecule has 0 atom stereocenters. The monoisotopic (exact) mass is 375 g/mol. The van der Waals surface area contributed by atoms with Gasteiger partial charge in [-0.15, -0.1) is 22.7 Å². The van der Waals surface area contributed by atoms with Gasteiger partial charge in [0.15, 0.2) is 16.6 Å². The van der Waals surface area contributed by atoms with E-state index in [1.54, 1.807) is 25.6 Å². The van der Waals surface area contributed by atoms with Crippen molar-refractivity contribution in [2.75, 3.05) is 19.5 Å². The largest absolute Gasteiger partial charge is 0.493 e. The molecule has 3 aromatic rings. The summed E-state index contributed by atoms with van der Waals surface area (Å²) in [7, 11) is 3.19. The Labute approximate surface area is 153 Å². The van der Waals surface area contributed by atoms with Gasteiger partial charge in [0, 0.05) is 15.8 Å². The van der Waals surface area contributed by atoms with Gasteiger partial charge in [-0.25, -0.2) is 9.78 Å². The van der Waals surface area contributed by atoms with Gasteiger partial charge in [0.25, 0.3) is 0 Å². The molecule has 1 aromatic carbocycles. The molecule has 25 heavy (non-hydrogen) atoms. The molecule has 0 saturated carbocycles. The molecule has 130 valence electrons. The zero-order chi connectivity index (χ0) is 17.6. The molecule has 3 rings (SSSR count). The van der Waals surface area contributed by atoms with Crippen molar-refractivity contribution in [3.8, 4) is 22.8 Å². The minimum absolute atomic E-state index is 0.276. The number of hydrogen-bond donors (Lipinski definition) is 2. The van der Waals surface area contributed by atoms with E-state index in [1.807, 2.05) is 41.1 Å². The molecule has 0 radical (unpaired) electrons. The molecule has 0 aliphatic carbocycles. The van der Waals surface area contributed by atoms with Crippen molar-refractivity contribution in [1.29, 1.82) is 0 Å². The van der Waals surface area contributed by atoms with Crippen molar-refractivity contribution in [1.82, 2.24) is 10.3 Å². The van der Waals surface area contributed by atoms with E-state index < -0.39 is 0 Å². The third-order valence-corrected chi connectivity index (χ3v) is 5.04. The number of nitrogens with one attached hydrogen (secondary N) is 2. The molecule has 0 aliphatic heterocycles. The van der Waals surface area contributed by atoms with E-state index in [0.29, 0.717) is 23.2 Å². The number of anilines is 1. The molecule has 2 heterocycles. The Balaban J connectivity index is 1.64.